The van der Waals surface area contributed by atoms with Crippen LogP contribution in [0.4, 0.5) is 0 Å². The lowest BCUT2D eigenvalue weighted by Crippen LogP contribution is -1.90. The van der Waals surface area contributed by atoms with Crippen LogP contribution >= 0.6 is 0 Å². The molecule has 0 radical (unpaired) electrons. The Morgan fingerprint density at radius 2 is 1.91 bits per heavy atom. The first-order valence-electron chi connectivity index (χ1n) is 3.51. The van der Waals surface area contributed by atoms with Gasteiger partial charge in [0.25, 0.3) is 0 Å². The lowest BCUT2D eigenvalue weighted by Gasteiger charge is -1.88. The molecule has 0 aliphatic rings. The second-order valence-electron chi connectivity index (χ2n) is 1.53. The van der Waals surface area contributed by atoms with Crippen LogP contribution in [0.25, 0.3) is 0 Å². The minimum absolute atomic E-state index is 0.0441. The largest absolute Gasteiger partial charge is 0.294 e. The average molecular weight is 153 g/mol. The van der Waals surface area contributed by atoms with Crippen molar-refractivity contribution in [3.63, 3.8) is 0 Å². The van der Waals surface area contributed by atoms with E-state index in [-0.39, 0.29) is 5.78 Å². The molecule has 0 bridgehead atoms. The molecule has 0 rings (SSSR count). The van der Waals surface area contributed by atoms with Crippen LogP contribution in [-0.2, 0) is 4.79 Å². The van der Waals surface area contributed by atoms with Crippen molar-refractivity contribution in [2.45, 2.75) is 20.8 Å². The van der Waals surface area contributed by atoms with Crippen LogP contribution in [0.3, 0.4) is 0 Å². The Morgan fingerprint density at radius 3 is 2.00 bits per heavy atom. The number of rotatable bonds is 3. The molecule has 0 unspecified atom stereocenters. The van der Waals surface area contributed by atoms with Gasteiger partial charge in [-0.05, 0) is 13.6 Å². The first-order valence-corrected chi connectivity index (χ1v) is 3.51. The van der Waals surface area contributed by atoms with E-state index in [0.717, 1.165) is 0 Å². The van der Waals surface area contributed by atoms with Crippen LogP contribution in [0, 0.1) is 0 Å². The molecule has 0 aromatic heterocycles. The lowest BCUT2D eigenvalue weighted by atomic mass is 10.2. The number of ketones is 1. The van der Waals surface area contributed by atoms with Gasteiger partial charge in [0, 0.05) is 11.8 Å². The van der Waals surface area contributed by atoms with Crippen molar-refractivity contribution in [3.05, 3.63) is 24.4 Å². The molecule has 0 fully saturated rings. The number of carbonyl (C=O) groups excluding carboxylic acids is 1. The SMILES string of the molecule is C=C/C(=C\N=C)C(C)=O.CC. The van der Waals surface area contributed by atoms with Gasteiger partial charge in [-0.25, -0.2) is 0 Å². The van der Waals surface area contributed by atoms with E-state index in [4.69, 9.17) is 0 Å². The molecule has 62 valence electrons. The maximum absolute atomic E-state index is 10.5. The maximum Gasteiger partial charge on any atom is 0.161 e. The van der Waals surface area contributed by atoms with Crippen LogP contribution in [-0.4, -0.2) is 12.5 Å². The number of Topliss-reactive ketones (excluding diaryl/α,β-unsaturated/α-hetero) is 1. The maximum atomic E-state index is 10.5. The Labute approximate surface area is 68.3 Å². The number of hydrogen-bond donors (Lipinski definition) is 0. The van der Waals surface area contributed by atoms with Gasteiger partial charge in [0.15, 0.2) is 5.78 Å². The van der Waals surface area contributed by atoms with E-state index in [9.17, 15) is 4.79 Å². The third kappa shape index (κ3) is 6.71. The number of allylic oxidation sites excluding steroid dienone is 2. The predicted molar refractivity (Wildman–Crippen MR) is 49.9 cm³/mol. The van der Waals surface area contributed by atoms with Crippen molar-refractivity contribution in [2.24, 2.45) is 4.99 Å². The fourth-order valence-corrected chi connectivity index (χ4v) is 0.386. The Balaban J connectivity index is 0. The molecule has 2 heteroatoms. The number of nitrogens with zero attached hydrogens (tertiary/aromatic N) is 1. The first-order chi connectivity index (χ1) is 5.22. The monoisotopic (exact) mass is 153 g/mol. The zero-order valence-electron chi connectivity index (χ0n) is 7.42. The molecule has 0 aromatic carbocycles. The molecule has 0 heterocycles. The number of carbonyl (C=O) groups is 1. The van der Waals surface area contributed by atoms with Gasteiger partial charge in [0.1, 0.15) is 0 Å². The van der Waals surface area contributed by atoms with E-state index in [0.29, 0.717) is 5.57 Å². The van der Waals surface area contributed by atoms with Gasteiger partial charge in [-0.2, -0.15) is 0 Å². The summed E-state index contributed by atoms with van der Waals surface area (Å²) >= 11 is 0. The predicted octanol–water partition coefficient (Wildman–Crippen LogP) is 2.37. The first kappa shape index (κ1) is 12.5. The Morgan fingerprint density at radius 1 is 1.45 bits per heavy atom. The molecule has 0 saturated heterocycles. The molecular weight excluding hydrogens is 138 g/mol. The highest BCUT2D eigenvalue weighted by Gasteiger charge is 1.94. The second-order valence-corrected chi connectivity index (χ2v) is 1.53. The highest BCUT2D eigenvalue weighted by atomic mass is 16.1. The summed E-state index contributed by atoms with van der Waals surface area (Å²) in [5.41, 5.74) is 0.491. The molecule has 0 amide bonds. The molecule has 0 saturated carbocycles. The summed E-state index contributed by atoms with van der Waals surface area (Å²) in [6.07, 6.45) is 2.84. The summed E-state index contributed by atoms with van der Waals surface area (Å²) in [6.45, 7) is 12.1. The molecule has 0 N–H and O–H groups in total. The van der Waals surface area contributed by atoms with Crippen LogP contribution in [0.5, 0.6) is 0 Å². The summed E-state index contributed by atoms with van der Waals surface area (Å²) in [4.78, 5) is 14.0. The minimum Gasteiger partial charge on any atom is -0.294 e. The van der Waals surface area contributed by atoms with Gasteiger partial charge in [-0.3, -0.25) is 9.79 Å². The molecule has 0 aliphatic carbocycles. The molecule has 11 heavy (non-hydrogen) atoms. The van der Waals surface area contributed by atoms with Crippen LogP contribution in [0.1, 0.15) is 20.8 Å². The van der Waals surface area contributed by atoms with Crippen LogP contribution in [0.15, 0.2) is 29.4 Å². The van der Waals surface area contributed by atoms with Gasteiger partial charge in [0.2, 0.25) is 0 Å². The summed E-state index contributed by atoms with van der Waals surface area (Å²) in [6, 6.07) is 0. The fourth-order valence-electron chi connectivity index (χ4n) is 0.386. The Hall–Kier alpha value is -1.18. The lowest BCUT2D eigenvalue weighted by molar-refractivity contribution is -0.113. The summed E-state index contributed by atoms with van der Waals surface area (Å²) < 4.78 is 0. The summed E-state index contributed by atoms with van der Waals surface area (Å²) in [5, 5.41) is 0. The van der Waals surface area contributed by atoms with E-state index in [1.54, 1.807) is 0 Å². The molecule has 0 aliphatic heterocycles. The van der Waals surface area contributed by atoms with Gasteiger partial charge in [0.05, 0.1) is 0 Å². The van der Waals surface area contributed by atoms with E-state index >= 15 is 0 Å². The average Bonchev–Trinajstić information content (AvgIpc) is 2.03. The third-order valence-electron chi connectivity index (χ3n) is 0.857. The number of aliphatic imine (C=N–C) groups is 1. The fraction of sp³-hybridized carbons (Fsp3) is 0.333. The van der Waals surface area contributed by atoms with E-state index in [2.05, 4.69) is 18.3 Å². The number of hydrogen-bond acceptors (Lipinski definition) is 2. The molecule has 0 spiro atoms. The standard InChI is InChI=1S/C7H9NO.C2H6/c1-4-7(5-8-3)6(2)9;1-2/h4-5H,1,3H2,2H3;1-2H3/b7-5+;. The van der Waals surface area contributed by atoms with Crippen molar-refractivity contribution in [2.75, 3.05) is 0 Å². The molecule has 0 aromatic rings. The molecular formula is C9H15NO. The van der Waals surface area contributed by atoms with E-state index < -0.39 is 0 Å². The Bertz CT molecular complexity index is 168. The van der Waals surface area contributed by atoms with E-state index in [1.165, 1.54) is 19.2 Å². The van der Waals surface area contributed by atoms with Crippen LogP contribution < -0.4 is 0 Å². The normalized spacial score (nSPS) is 9.18. The van der Waals surface area contributed by atoms with Gasteiger partial charge in [-0.15, -0.1) is 0 Å². The van der Waals surface area contributed by atoms with Crippen LogP contribution in [0.2, 0.25) is 0 Å². The van der Waals surface area contributed by atoms with Crippen molar-refractivity contribution >= 4 is 12.5 Å². The quantitative estimate of drug-likeness (QED) is 0.347. The van der Waals surface area contributed by atoms with Crippen molar-refractivity contribution in [3.8, 4) is 0 Å². The van der Waals surface area contributed by atoms with Crippen molar-refractivity contribution < 1.29 is 4.79 Å². The van der Waals surface area contributed by atoms with Crippen molar-refractivity contribution in [1.29, 1.82) is 0 Å². The highest BCUT2D eigenvalue weighted by molar-refractivity contribution is 5.95. The molecule has 2 nitrogen and oxygen atoms in total. The topological polar surface area (TPSA) is 29.4 Å². The third-order valence-corrected chi connectivity index (χ3v) is 0.857. The van der Waals surface area contributed by atoms with E-state index in [1.807, 2.05) is 13.8 Å². The second kappa shape index (κ2) is 8.82. The molecule has 0 atom stereocenters. The highest BCUT2D eigenvalue weighted by Crippen LogP contribution is 1.95. The van der Waals surface area contributed by atoms with Gasteiger partial charge >= 0.3 is 0 Å². The zero-order valence-corrected chi connectivity index (χ0v) is 7.42. The smallest absolute Gasteiger partial charge is 0.161 e. The summed E-state index contributed by atoms with van der Waals surface area (Å²) in [7, 11) is 0. The minimum atomic E-state index is -0.0441. The zero-order chi connectivity index (χ0) is 9.28. The Kier molecular flexibility index (Phi) is 10.0. The van der Waals surface area contributed by atoms with Gasteiger partial charge in [-0.1, -0.05) is 26.5 Å². The van der Waals surface area contributed by atoms with Gasteiger partial charge < -0.3 is 0 Å². The summed E-state index contributed by atoms with van der Waals surface area (Å²) in [5.74, 6) is -0.0441. The van der Waals surface area contributed by atoms with Crippen molar-refractivity contribution in [1.82, 2.24) is 0 Å².